The van der Waals surface area contributed by atoms with Crippen LogP contribution in [-0.4, -0.2) is 60.5 Å². The van der Waals surface area contributed by atoms with E-state index in [0.29, 0.717) is 0 Å². The van der Waals surface area contributed by atoms with Crippen molar-refractivity contribution in [2.75, 3.05) is 33.7 Å². The lowest BCUT2D eigenvalue weighted by atomic mass is 9.94. The molecule has 0 unspecified atom stereocenters. The zero-order valence-electron chi connectivity index (χ0n) is 16.8. The number of guanidine groups is 1. The van der Waals surface area contributed by atoms with E-state index in [2.05, 4.69) is 53.4 Å². The molecule has 0 atom stereocenters. The lowest BCUT2D eigenvalue weighted by Gasteiger charge is -2.31. The van der Waals surface area contributed by atoms with Gasteiger partial charge in [0.1, 0.15) is 0 Å². The topological polar surface area (TPSA) is 43.8 Å². The van der Waals surface area contributed by atoms with Crippen LogP contribution in [0.15, 0.2) is 10.4 Å². The number of rotatable bonds is 8. The molecule has 0 aromatic carbocycles. The Kier molecular flexibility index (Phi) is 11.7. The van der Waals surface area contributed by atoms with Crippen LogP contribution in [0.5, 0.6) is 0 Å². The van der Waals surface area contributed by atoms with Gasteiger partial charge in [-0.25, -0.2) is 4.98 Å². The maximum atomic E-state index is 4.81. The Morgan fingerprint density at radius 3 is 2.65 bits per heavy atom. The van der Waals surface area contributed by atoms with Crippen LogP contribution in [0.4, 0.5) is 0 Å². The van der Waals surface area contributed by atoms with Gasteiger partial charge in [-0.05, 0) is 46.7 Å². The quantitative estimate of drug-likeness (QED) is 0.256. The Morgan fingerprint density at radius 1 is 1.31 bits per heavy atom. The molecule has 1 fully saturated rings. The van der Waals surface area contributed by atoms with Crippen molar-refractivity contribution >= 4 is 41.3 Å². The summed E-state index contributed by atoms with van der Waals surface area (Å²) in [6.45, 7) is 7.88. The van der Waals surface area contributed by atoms with Crippen molar-refractivity contribution in [1.82, 2.24) is 20.1 Å². The van der Waals surface area contributed by atoms with Gasteiger partial charge in [0.05, 0.1) is 17.2 Å². The fourth-order valence-corrected chi connectivity index (χ4v) is 4.08. The molecule has 1 N–H and O–H groups in total. The summed E-state index contributed by atoms with van der Waals surface area (Å²) in [5, 5.41) is 6.65. The van der Waals surface area contributed by atoms with Gasteiger partial charge in [0.25, 0.3) is 0 Å². The van der Waals surface area contributed by atoms with Crippen LogP contribution < -0.4 is 5.32 Å². The molecule has 1 aromatic heterocycles. The number of hydrogen-bond acceptors (Lipinski definition) is 4. The molecule has 0 amide bonds. The first-order valence-corrected chi connectivity index (χ1v) is 10.6. The summed E-state index contributed by atoms with van der Waals surface area (Å²) in [5.41, 5.74) is 1.12. The molecule has 1 heterocycles. The summed E-state index contributed by atoms with van der Waals surface area (Å²) in [7, 11) is 4.37. The summed E-state index contributed by atoms with van der Waals surface area (Å²) < 4.78 is 0. The fraction of sp³-hybridized carbons (Fsp3) is 0.789. The predicted molar refractivity (Wildman–Crippen MR) is 124 cm³/mol. The first kappa shape index (κ1) is 23.6. The molecule has 1 saturated carbocycles. The van der Waals surface area contributed by atoms with Gasteiger partial charge >= 0.3 is 0 Å². The van der Waals surface area contributed by atoms with E-state index in [1.54, 1.807) is 11.3 Å². The van der Waals surface area contributed by atoms with E-state index in [0.717, 1.165) is 55.3 Å². The van der Waals surface area contributed by atoms with Crippen molar-refractivity contribution in [2.45, 2.75) is 65.0 Å². The van der Waals surface area contributed by atoms with Crippen LogP contribution >= 0.6 is 35.3 Å². The third kappa shape index (κ3) is 8.08. The number of hydrogen-bond donors (Lipinski definition) is 1. The first-order valence-electron chi connectivity index (χ1n) is 9.70. The van der Waals surface area contributed by atoms with E-state index in [9.17, 15) is 0 Å². The highest BCUT2D eigenvalue weighted by atomic mass is 127. The van der Waals surface area contributed by atoms with Gasteiger partial charge in [0.2, 0.25) is 0 Å². The Morgan fingerprint density at radius 2 is 2.04 bits per heavy atom. The molecule has 0 saturated heterocycles. The molecule has 1 aliphatic carbocycles. The van der Waals surface area contributed by atoms with E-state index in [4.69, 9.17) is 4.99 Å². The van der Waals surface area contributed by atoms with Gasteiger partial charge in [0, 0.05) is 31.6 Å². The summed E-state index contributed by atoms with van der Waals surface area (Å²) in [5.74, 6) is 0.980. The number of aliphatic imine (C=N–C) groups is 1. The first-order chi connectivity index (χ1) is 12.1. The zero-order chi connectivity index (χ0) is 18.1. The average molecular weight is 494 g/mol. The van der Waals surface area contributed by atoms with Crippen LogP contribution in [-0.2, 0) is 6.54 Å². The van der Waals surface area contributed by atoms with Gasteiger partial charge in [0.15, 0.2) is 5.96 Å². The highest BCUT2D eigenvalue weighted by molar-refractivity contribution is 14.0. The second kappa shape index (κ2) is 12.9. The van der Waals surface area contributed by atoms with E-state index in [1.165, 1.54) is 32.1 Å². The second-order valence-electron chi connectivity index (χ2n) is 7.08. The smallest absolute Gasteiger partial charge is 0.194 e. The van der Waals surface area contributed by atoms with Crippen LogP contribution in [0.2, 0.25) is 0 Å². The van der Waals surface area contributed by atoms with E-state index in [-0.39, 0.29) is 24.0 Å². The highest BCUT2D eigenvalue weighted by Crippen LogP contribution is 2.21. The standard InChI is InChI=1S/C19H35N5S.HI/c1-5-20-19(24(4)14-17-15-25-16(2)22-17)21-12-9-13-23(3)18-10-7-6-8-11-18;/h15,18H,5-14H2,1-4H3,(H,20,21);1H. The maximum absolute atomic E-state index is 4.81. The average Bonchev–Trinajstić information content (AvgIpc) is 3.02. The summed E-state index contributed by atoms with van der Waals surface area (Å²) in [6.07, 6.45) is 8.09. The van der Waals surface area contributed by atoms with Crippen LogP contribution in [0.1, 0.15) is 56.2 Å². The number of nitrogens with zero attached hydrogens (tertiary/aromatic N) is 4. The predicted octanol–water partition coefficient (Wildman–Crippen LogP) is 4.12. The molecular formula is C19H36IN5S. The van der Waals surface area contributed by atoms with Gasteiger partial charge in [-0.1, -0.05) is 19.3 Å². The molecule has 5 nitrogen and oxygen atoms in total. The monoisotopic (exact) mass is 493 g/mol. The van der Waals surface area contributed by atoms with Gasteiger partial charge < -0.3 is 15.1 Å². The molecule has 0 aliphatic heterocycles. The maximum Gasteiger partial charge on any atom is 0.194 e. The molecule has 1 aromatic rings. The van der Waals surface area contributed by atoms with Crippen LogP contribution in [0, 0.1) is 6.92 Å². The Hall–Kier alpha value is -0.410. The molecule has 1 aliphatic rings. The van der Waals surface area contributed by atoms with Gasteiger partial charge in [-0.3, -0.25) is 4.99 Å². The van der Waals surface area contributed by atoms with Crippen molar-refractivity contribution < 1.29 is 0 Å². The van der Waals surface area contributed by atoms with E-state index >= 15 is 0 Å². The lowest BCUT2D eigenvalue weighted by molar-refractivity contribution is 0.191. The van der Waals surface area contributed by atoms with Crippen molar-refractivity contribution in [3.05, 3.63) is 16.1 Å². The van der Waals surface area contributed by atoms with E-state index in [1.807, 2.05) is 0 Å². The summed E-state index contributed by atoms with van der Waals surface area (Å²) in [6, 6.07) is 0.793. The molecule has 2 rings (SSSR count). The Labute approximate surface area is 180 Å². The minimum Gasteiger partial charge on any atom is -0.357 e. The normalized spacial score (nSPS) is 15.8. The van der Waals surface area contributed by atoms with Crippen molar-refractivity contribution in [3.8, 4) is 0 Å². The number of nitrogens with one attached hydrogen (secondary N) is 1. The van der Waals surface area contributed by atoms with E-state index < -0.39 is 0 Å². The fourth-order valence-electron chi connectivity index (χ4n) is 3.48. The summed E-state index contributed by atoms with van der Waals surface area (Å²) >= 11 is 1.71. The van der Waals surface area contributed by atoms with Gasteiger partial charge in [-0.2, -0.15) is 0 Å². The molecule has 26 heavy (non-hydrogen) atoms. The largest absolute Gasteiger partial charge is 0.357 e. The zero-order valence-corrected chi connectivity index (χ0v) is 20.0. The van der Waals surface area contributed by atoms with Crippen molar-refractivity contribution in [3.63, 3.8) is 0 Å². The molecular weight excluding hydrogens is 457 g/mol. The van der Waals surface area contributed by atoms with Crippen molar-refractivity contribution in [1.29, 1.82) is 0 Å². The van der Waals surface area contributed by atoms with Crippen LogP contribution in [0.3, 0.4) is 0 Å². The summed E-state index contributed by atoms with van der Waals surface area (Å²) in [4.78, 5) is 14.1. The third-order valence-electron chi connectivity index (χ3n) is 4.89. The number of aryl methyl sites for hydroxylation is 1. The number of thiazole rings is 1. The van der Waals surface area contributed by atoms with Gasteiger partial charge in [-0.15, -0.1) is 35.3 Å². The lowest BCUT2D eigenvalue weighted by Crippen LogP contribution is -2.39. The molecule has 150 valence electrons. The SMILES string of the molecule is CCNC(=NCCCN(C)C1CCCCC1)N(C)Cc1csc(C)n1.I. The second-order valence-corrected chi connectivity index (χ2v) is 8.14. The number of halogens is 1. The highest BCUT2D eigenvalue weighted by Gasteiger charge is 2.17. The Bertz CT molecular complexity index is 528. The number of aromatic nitrogens is 1. The third-order valence-corrected chi connectivity index (χ3v) is 5.71. The minimum atomic E-state index is 0. The van der Waals surface area contributed by atoms with Crippen molar-refractivity contribution in [2.24, 2.45) is 4.99 Å². The molecule has 7 heteroatoms. The molecule has 0 bridgehead atoms. The minimum absolute atomic E-state index is 0. The molecule has 0 spiro atoms. The Balaban J connectivity index is 0.00000338. The van der Waals surface area contributed by atoms with Crippen LogP contribution in [0.25, 0.3) is 0 Å². The molecule has 0 radical (unpaired) electrons.